The summed E-state index contributed by atoms with van der Waals surface area (Å²) >= 11 is 5.61. The van der Waals surface area contributed by atoms with Gasteiger partial charge in [-0.1, -0.05) is 24.4 Å². The monoisotopic (exact) mass is 297 g/mol. The summed E-state index contributed by atoms with van der Waals surface area (Å²) in [6.45, 7) is 1.67. The highest BCUT2D eigenvalue weighted by Gasteiger charge is 2.44. The molecule has 0 aromatic carbocycles. The number of carbonyl (C=O) groups excluding carboxylic acids is 1. The maximum absolute atomic E-state index is 12.1. The maximum atomic E-state index is 12.1. The topological polar surface area (TPSA) is 92.2 Å². The van der Waals surface area contributed by atoms with Crippen LogP contribution in [-0.2, 0) is 4.79 Å². The molecule has 1 saturated carbocycles. The van der Waals surface area contributed by atoms with E-state index >= 15 is 0 Å². The minimum atomic E-state index is -0.937. The molecular formula is C13H16ClN3O3. The standard InChI is InChI=1S/C13H16ClN3O3/c1-13(12(19)20)7-3-2-4-9(13)15-11(18)8-5-6-10(14)17-16-8/h5-6,9H,2-4,7H2,1H3,(H,15,18)(H,19,20). The fraction of sp³-hybridized carbons (Fsp3) is 0.538. The first kappa shape index (κ1) is 14.7. The molecular weight excluding hydrogens is 282 g/mol. The maximum Gasteiger partial charge on any atom is 0.311 e. The van der Waals surface area contributed by atoms with E-state index in [9.17, 15) is 14.7 Å². The number of hydrogen-bond donors (Lipinski definition) is 2. The van der Waals surface area contributed by atoms with E-state index in [0.717, 1.165) is 12.8 Å². The smallest absolute Gasteiger partial charge is 0.311 e. The summed E-state index contributed by atoms with van der Waals surface area (Å²) in [6, 6.07) is 2.53. The highest BCUT2D eigenvalue weighted by molar-refractivity contribution is 6.29. The number of carbonyl (C=O) groups is 2. The van der Waals surface area contributed by atoms with Crippen molar-refractivity contribution in [2.24, 2.45) is 5.41 Å². The lowest BCUT2D eigenvalue weighted by atomic mass is 9.71. The number of amides is 1. The molecule has 1 amide bonds. The Balaban J connectivity index is 2.13. The quantitative estimate of drug-likeness (QED) is 0.889. The van der Waals surface area contributed by atoms with Crippen molar-refractivity contribution in [1.29, 1.82) is 0 Å². The predicted molar refractivity (Wildman–Crippen MR) is 72.5 cm³/mol. The van der Waals surface area contributed by atoms with E-state index < -0.39 is 23.3 Å². The molecule has 1 heterocycles. The fourth-order valence-electron chi connectivity index (χ4n) is 2.49. The predicted octanol–water partition coefficient (Wildman–Crippen LogP) is 1.89. The summed E-state index contributed by atoms with van der Waals surface area (Å²) < 4.78 is 0. The number of carboxylic acid groups (broad SMARTS) is 1. The zero-order valence-corrected chi connectivity index (χ0v) is 11.9. The molecule has 1 aliphatic carbocycles. The molecule has 2 N–H and O–H groups in total. The minimum Gasteiger partial charge on any atom is -0.481 e. The summed E-state index contributed by atoms with van der Waals surface area (Å²) in [5.74, 6) is -1.31. The molecule has 0 aliphatic heterocycles. The van der Waals surface area contributed by atoms with Crippen LogP contribution in [0.25, 0.3) is 0 Å². The van der Waals surface area contributed by atoms with Gasteiger partial charge in [0.15, 0.2) is 10.8 Å². The molecule has 7 heteroatoms. The molecule has 6 nitrogen and oxygen atoms in total. The first-order valence-electron chi connectivity index (χ1n) is 6.47. The van der Waals surface area contributed by atoms with Gasteiger partial charge in [-0.3, -0.25) is 9.59 Å². The van der Waals surface area contributed by atoms with E-state index in [1.807, 2.05) is 0 Å². The summed E-state index contributed by atoms with van der Waals surface area (Å²) in [5.41, 5.74) is -0.805. The van der Waals surface area contributed by atoms with Crippen LogP contribution in [0.5, 0.6) is 0 Å². The lowest BCUT2D eigenvalue weighted by molar-refractivity contribution is -0.151. The van der Waals surface area contributed by atoms with E-state index in [2.05, 4.69) is 15.5 Å². The number of nitrogens with zero attached hydrogens (tertiary/aromatic N) is 2. The Morgan fingerprint density at radius 2 is 2.15 bits per heavy atom. The third-order valence-corrected chi connectivity index (χ3v) is 4.07. The number of hydrogen-bond acceptors (Lipinski definition) is 4. The van der Waals surface area contributed by atoms with Crippen molar-refractivity contribution in [2.75, 3.05) is 0 Å². The summed E-state index contributed by atoms with van der Waals surface area (Å²) in [5, 5.41) is 19.7. The third-order valence-electron chi connectivity index (χ3n) is 3.87. The Bertz CT molecular complexity index is 520. The molecule has 2 unspecified atom stereocenters. The fourth-order valence-corrected chi connectivity index (χ4v) is 2.59. The SMILES string of the molecule is CC1(C(=O)O)CCCCC1NC(=O)c1ccc(Cl)nn1. The number of rotatable bonds is 3. The molecule has 0 saturated heterocycles. The number of carboxylic acids is 1. The van der Waals surface area contributed by atoms with Crippen LogP contribution < -0.4 is 5.32 Å². The van der Waals surface area contributed by atoms with Gasteiger partial charge in [0.25, 0.3) is 5.91 Å². The highest BCUT2D eigenvalue weighted by atomic mass is 35.5. The van der Waals surface area contributed by atoms with Crippen molar-refractivity contribution >= 4 is 23.5 Å². The Hall–Kier alpha value is -1.69. The van der Waals surface area contributed by atoms with Crippen molar-refractivity contribution in [3.8, 4) is 0 Å². The van der Waals surface area contributed by atoms with Crippen LogP contribution in [0.1, 0.15) is 43.1 Å². The molecule has 108 valence electrons. The van der Waals surface area contributed by atoms with Crippen molar-refractivity contribution in [2.45, 2.75) is 38.6 Å². The van der Waals surface area contributed by atoms with Gasteiger partial charge < -0.3 is 10.4 Å². The van der Waals surface area contributed by atoms with E-state index in [1.54, 1.807) is 6.92 Å². The second-order valence-corrected chi connectivity index (χ2v) is 5.62. The van der Waals surface area contributed by atoms with Gasteiger partial charge in [0.05, 0.1) is 5.41 Å². The van der Waals surface area contributed by atoms with Gasteiger partial charge in [-0.25, -0.2) is 0 Å². The Morgan fingerprint density at radius 3 is 2.75 bits per heavy atom. The zero-order chi connectivity index (χ0) is 14.8. The molecule has 1 fully saturated rings. The molecule has 0 bridgehead atoms. The van der Waals surface area contributed by atoms with E-state index in [0.29, 0.717) is 12.8 Å². The first-order valence-corrected chi connectivity index (χ1v) is 6.85. The van der Waals surface area contributed by atoms with Crippen molar-refractivity contribution in [3.63, 3.8) is 0 Å². The molecule has 2 atom stereocenters. The van der Waals surface area contributed by atoms with Gasteiger partial charge in [-0.05, 0) is 31.9 Å². The summed E-state index contributed by atoms with van der Waals surface area (Å²) in [4.78, 5) is 23.5. The Labute approximate surface area is 121 Å². The zero-order valence-electron chi connectivity index (χ0n) is 11.1. The molecule has 0 spiro atoms. The van der Waals surface area contributed by atoms with Crippen LogP contribution in [0.4, 0.5) is 0 Å². The van der Waals surface area contributed by atoms with Crippen LogP contribution in [-0.4, -0.2) is 33.2 Å². The lowest BCUT2D eigenvalue weighted by Crippen LogP contribution is -2.52. The van der Waals surface area contributed by atoms with E-state index in [1.165, 1.54) is 12.1 Å². The van der Waals surface area contributed by atoms with E-state index in [-0.39, 0.29) is 10.8 Å². The van der Waals surface area contributed by atoms with Gasteiger partial charge in [-0.2, -0.15) is 0 Å². The molecule has 20 heavy (non-hydrogen) atoms. The summed E-state index contributed by atoms with van der Waals surface area (Å²) in [6.07, 6.45) is 2.96. The number of aliphatic carboxylic acids is 1. The van der Waals surface area contributed by atoms with Crippen molar-refractivity contribution in [1.82, 2.24) is 15.5 Å². The van der Waals surface area contributed by atoms with Crippen LogP contribution in [0.2, 0.25) is 5.15 Å². The highest BCUT2D eigenvalue weighted by Crippen LogP contribution is 2.36. The number of aromatic nitrogens is 2. The molecule has 1 aromatic rings. The molecule has 1 aromatic heterocycles. The second-order valence-electron chi connectivity index (χ2n) is 5.24. The average Bonchev–Trinajstić information content (AvgIpc) is 2.42. The summed E-state index contributed by atoms with van der Waals surface area (Å²) in [7, 11) is 0. The van der Waals surface area contributed by atoms with Crippen LogP contribution in [0, 0.1) is 5.41 Å². The lowest BCUT2D eigenvalue weighted by Gasteiger charge is -2.38. The molecule has 0 radical (unpaired) electrons. The third kappa shape index (κ3) is 2.90. The first-order chi connectivity index (χ1) is 9.43. The van der Waals surface area contributed by atoms with Gasteiger partial charge in [0, 0.05) is 6.04 Å². The van der Waals surface area contributed by atoms with Gasteiger partial charge >= 0.3 is 5.97 Å². The van der Waals surface area contributed by atoms with Crippen molar-refractivity contribution in [3.05, 3.63) is 23.0 Å². The van der Waals surface area contributed by atoms with Gasteiger partial charge in [-0.15, -0.1) is 10.2 Å². The number of halogens is 1. The normalized spacial score (nSPS) is 26.0. The largest absolute Gasteiger partial charge is 0.481 e. The van der Waals surface area contributed by atoms with Gasteiger partial charge in [0.2, 0.25) is 0 Å². The van der Waals surface area contributed by atoms with Crippen molar-refractivity contribution < 1.29 is 14.7 Å². The molecule has 2 rings (SSSR count). The Kier molecular flexibility index (Phi) is 4.23. The second kappa shape index (κ2) is 5.75. The van der Waals surface area contributed by atoms with Crippen LogP contribution >= 0.6 is 11.6 Å². The van der Waals surface area contributed by atoms with Gasteiger partial charge in [0.1, 0.15) is 0 Å². The number of nitrogens with one attached hydrogen (secondary N) is 1. The minimum absolute atomic E-state index is 0.132. The Morgan fingerprint density at radius 1 is 1.40 bits per heavy atom. The van der Waals surface area contributed by atoms with Crippen LogP contribution in [0.15, 0.2) is 12.1 Å². The molecule has 1 aliphatic rings. The van der Waals surface area contributed by atoms with Crippen LogP contribution in [0.3, 0.4) is 0 Å². The average molecular weight is 298 g/mol. The van der Waals surface area contributed by atoms with E-state index in [4.69, 9.17) is 11.6 Å².